The highest BCUT2D eigenvalue weighted by molar-refractivity contribution is 5.26. The lowest BCUT2D eigenvalue weighted by Gasteiger charge is -2.14. The van der Waals surface area contributed by atoms with Gasteiger partial charge in [0.05, 0.1) is 11.7 Å². The topological polar surface area (TPSA) is 52.5 Å². The van der Waals surface area contributed by atoms with E-state index in [1.807, 2.05) is 0 Å². The Kier molecular flexibility index (Phi) is 4.65. The molecule has 0 saturated carbocycles. The van der Waals surface area contributed by atoms with Crippen LogP contribution in [0, 0.1) is 11.6 Å². The Morgan fingerprint density at radius 3 is 2.20 bits per heavy atom. The van der Waals surface area contributed by atoms with Crippen LogP contribution in [-0.2, 0) is 6.54 Å². The quantitative estimate of drug-likeness (QED) is 0.788. The molecule has 0 spiro atoms. The summed E-state index contributed by atoms with van der Waals surface area (Å²) in [6.45, 7) is 0.451. The standard InChI is InChI=1S/C15H15F2NO2/c16-12-2-1-3-13(17)15(12)14(20)9-18-8-10-4-6-11(19)7-5-10/h1-7,14,18-20H,8-9H2. The molecule has 0 aliphatic rings. The van der Waals surface area contributed by atoms with E-state index in [4.69, 9.17) is 5.11 Å². The van der Waals surface area contributed by atoms with Crippen LogP contribution in [0.25, 0.3) is 0 Å². The zero-order valence-electron chi connectivity index (χ0n) is 10.7. The van der Waals surface area contributed by atoms with E-state index in [2.05, 4.69) is 5.32 Å². The van der Waals surface area contributed by atoms with E-state index < -0.39 is 17.7 Å². The fraction of sp³-hybridized carbons (Fsp3) is 0.200. The minimum atomic E-state index is -1.26. The third kappa shape index (κ3) is 3.53. The van der Waals surface area contributed by atoms with Crippen LogP contribution in [0.2, 0.25) is 0 Å². The Balaban J connectivity index is 1.92. The predicted molar refractivity (Wildman–Crippen MR) is 71.1 cm³/mol. The second-order valence-corrected chi connectivity index (χ2v) is 4.45. The highest BCUT2D eigenvalue weighted by atomic mass is 19.1. The second-order valence-electron chi connectivity index (χ2n) is 4.45. The third-order valence-electron chi connectivity index (χ3n) is 2.94. The van der Waals surface area contributed by atoms with E-state index in [0.717, 1.165) is 17.7 Å². The van der Waals surface area contributed by atoms with Gasteiger partial charge in [-0.25, -0.2) is 8.78 Å². The van der Waals surface area contributed by atoms with Crippen molar-refractivity contribution in [3.8, 4) is 5.75 Å². The number of phenolic OH excluding ortho intramolecular Hbond substituents is 1. The first-order chi connectivity index (χ1) is 9.58. The molecular formula is C15H15F2NO2. The van der Waals surface area contributed by atoms with Crippen LogP contribution in [0.3, 0.4) is 0 Å². The smallest absolute Gasteiger partial charge is 0.131 e. The Morgan fingerprint density at radius 2 is 1.60 bits per heavy atom. The molecule has 0 bridgehead atoms. The van der Waals surface area contributed by atoms with Gasteiger partial charge < -0.3 is 15.5 Å². The van der Waals surface area contributed by atoms with E-state index in [-0.39, 0.29) is 17.9 Å². The van der Waals surface area contributed by atoms with Gasteiger partial charge in [0.25, 0.3) is 0 Å². The zero-order chi connectivity index (χ0) is 14.5. The monoisotopic (exact) mass is 279 g/mol. The van der Waals surface area contributed by atoms with Crippen molar-refractivity contribution in [3.05, 3.63) is 65.2 Å². The number of phenols is 1. The van der Waals surface area contributed by atoms with Crippen molar-refractivity contribution in [3.63, 3.8) is 0 Å². The van der Waals surface area contributed by atoms with Crippen molar-refractivity contribution < 1.29 is 19.0 Å². The molecular weight excluding hydrogens is 264 g/mol. The average Bonchev–Trinajstić information content (AvgIpc) is 2.41. The van der Waals surface area contributed by atoms with Crippen LogP contribution in [0.4, 0.5) is 8.78 Å². The molecule has 0 radical (unpaired) electrons. The highest BCUT2D eigenvalue weighted by Gasteiger charge is 2.17. The van der Waals surface area contributed by atoms with Gasteiger partial charge in [-0.3, -0.25) is 0 Å². The molecule has 0 saturated heterocycles. The van der Waals surface area contributed by atoms with Gasteiger partial charge in [0, 0.05) is 13.1 Å². The Hall–Kier alpha value is -1.98. The molecule has 0 aromatic heterocycles. The molecule has 3 N–H and O–H groups in total. The summed E-state index contributed by atoms with van der Waals surface area (Å²) in [5, 5.41) is 21.9. The van der Waals surface area contributed by atoms with Gasteiger partial charge in [-0.1, -0.05) is 18.2 Å². The molecule has 0 heterocycles. The molecule has 5 heteroatoms. The highest BCUT2D eigenvalue weighted by Crippen LogP contribution is 2.20. The maximum atomic E-state index is 13.4. The number of halogens is 2. The number of benzene rings is 2. The lowest BCUT2D eigenvalue weighted by atomic mass is 10.1. The van der Waals surface area contributed by atoms with Crippen molar-refractivity contribution in [2.75, 3.05) is 6.54 Å². The number of hydrogen-bond acceptors (Lipinski definition) is 3. The maximum Gasteiger partial charge on any atom is 0.131 e. The average molecular weight is 279 g/mol. The van der Waals surface area contributed by atoms with Gasteiger partial charge in [0.15, 0.2) is 0 Å². The van der Waals surface area contributed by atoms with Crippen LogP contribution in [-0.4, -0.2) is 16.8 Å². The lowest BCUT2D eigenvalue weighted by molar-refractivity contribution is 0.164. The van der Waals surface area contributed by atoms with Crippen molar-refractivity contribution in [2.45, 2.75) is 12.6 Å². The normalized spacial score (nSPS) is 12.3. The summed E-state index contributed by atoms with van der Waals surface area (Å²) < 4.78 is 26.9. The predicted octanol–water partition coefficient (Wildman–Crippen LogP) is 2.49. The summed E-state index contributed by atoms with van der Waals surface area (Å²) in [6, 6.07) is 10.0. The van der Waals surface area contributed by atoms with Gasteiger partial charge in [0.2, 0.25) is 0 Å². The van der Waals surface area contributed by atoms with E-state index >= 15 is 0 Å². The lowest BCUT2D eigenvalue weighted by Crippen LogP contribution is -2.22. The first-order valence-corrected chi connectivity index (χ1v) is 6.18. The number of aliphatic hydroxyl groups excluding tert-OH is 1. The SMILES string of the molecule is Oc1ccc(CNCC(O)c2c(F)cccc2F)cc1. The van der Waals surface area contributed by atoms with Crippen molar-refractivity contribution in [1.29, 1.82) is 0 Å². The van der Waals surface area contributed by atoms with Crippen LogP contribution >= 0.6 is 0 Å². The number of rotatable bonds is 5. The van der Waals surface area contributed by atoms with Crippen molar-refractivity contribution in [2.24, 2.45) is 0 Å². The summed E-state index contributed by atoms with van der Waals surface area (Å²) >= 11 is 0. The number of aromatic hydroxyl groups is 1. The van der Waals surface area contributed by atoms with Crippen molar-refractivity contribution in [1.82, 2.24) is 5.32 Å². The van der Waals surface area contributed by atoms with Gasteiger partial charge in [-0.2, -0.15) is 0 Å². The van der Waals surface area contributed by atoms with E-state index in [1.165, 1.54) is 6.07 Å². The summed E-state index contributed by atoms with van der Waals surface area (Å²) in [6.07, 6.45) is -1.26. The number of nitrogens with one attached hydrogen (secondary N) is 1. The summed E-state index contributed by atoms with van der Waals surface area (Å²) in [5.74, 6) is -1.35. The zero-order valence-corrected chi connectivity index (χ0v) is 10.7. The Morgan fingerprint density at radius 1 is 1.00 bits per heavy atom. The molecule has 0 fully saturated rings. The molecule has 2 aromatic carbocycles. The van der Waals surface area contributed by atoms with Gasteiger partial charge in [-0.05, 0) is 29.8 Å². The molecule has 0 aliphatic heterocycles. The van der Waals surface area contributed by atoms with Crippen LogP contribution < -0.4 is 5.32 Å². The summed E-state index contributed by atoms with van der Waals surface area (Å²) in [7, 11) is 0. The van der Waals surface area contributed by atoms with E-state index in [0.29, 0.717) is 6.54 Å². The van der Waals surface area contributed by atoms with Gasteiger partial charge >= 0.3 is 0 Å². The third-order valence-corrected chi connectivity index (χ3v) is 2.94. The minimum absolute atomic E-state index is 0.0265. The summed E-state index contributed by atoms with van der Waals surface area (Å²) in [5.41, 5.74) is 0.565. The first kappa shape index (κ1) is 14.4. The molecule has 106 valence electrons. The molecule has 3 nitrogen and oxygen atoms in total. The number of hydrogen-bond donors (Lipinski definition) is 3. The largest absolute Gasteiger partial charge is 0.508 e. The van der Waals surface area contributed by atoms with Crippen molar-refractivity contribution >= 4 is 0 Å². The molecule has 2 rings (SSSR count). The number of aliphatic hydroxyl groups is 1. The van der Waals surface area contributed by atoms with Crippen LogP contribution in [0.5, 0.6) is 5.75 Å². The molecule has 0 aliphatic carbocycles. The van der Waals surface area contributed by atoms with Crippen LogP contribution in [0.1, 0.15) is 17.2 Å². The Labute approximate surface area is 115 Å². The molecule has 1 unspecified atom stereocenters. The second kappa shape index (κ2) is 6.45. The van der Waals surface area contributed by atoms with E-state index in [1.54, 1.807) is 24.3 Å². The Bertz CT molecular complexity index is 552. The van der Waals surface area contributed by atoms with Gasteiger partial charge in [-0.15, -0.1) is 0 Å². The maximum absolute atomic E-state index is 13.4. The van der Waals surface area contributed by atoms with Gasteiger partial charge in [0.1, 0.15) is 17.4 Å². The minimum Gasteiger partial charge on any atom is -0.508 e. The first-order valence-electron chi connectivity index (χ1n) is 6.18. The van der Waals surface area contributed by atoms with Crippen LogP contribution in [0.15, 0.2) is 42.5 Å². The molecule has 0 amide bonds. The fourth-order valence-corrected chi connectivity index (χ4v) is 1.90. The fourth-order valence-electron chi connectivity index (χ4n) is 1.90. The molecule has 2 aromatic rings. The summed E-state index contributed by atoms with van der Waals surface area (Å²) in [4.78, 5) is 0. The molecule has 1 atom stereocenters. The molecule has 20 heavy (non-hydrogen) atoms. The van der Waals surface area contributed by atoms with E-state index in [9.17, 15) is 13.9 Å².